The second-order valence-electron chi connectivity index (χ2n) is 11.3. The number of carbonyl (C=O) groups excluding carboxylic acids is 4. The summed E-state index contributed by atoms with van der Waals surface area (Å²) in [6, 6.07) is 23.4. The molecule has 0 saturated heterocycles. The first-order chi connectivity index (χ1) is 27.0. The molecule has 56 heavy (non-hydrogen) atoms. The van der Waals surface area contributed by atoms with Gasteiger partial charge in [0.05, 0.1) is 22.5 Å². The van der Waals surface area contributed by atoms with Crippen molar-refractivity contribution in [1.29, 1.82) is 0 Å². The van der Waals surface area contributed by atoms with Gasteiger partial charge in [0, 0.05) is 16.3 Å². The van der Waals surface area contributed by atoms with Crippen LogP contribution in [0.25, 0.3) is 10.6 Å². The van der Waals surface area contributed by atoms with Crippen molar-refractivity contribution in [3.8, 4) is 33.6 Å². The molecule has 2 aliphatic heterocycles. The second-order valence-corrected chi connectivity index (χ2v) is 14.3. The van der Waals surface area contributed by atoms with Gasteiger partial charge in [-0.15, -0.1) is 22.7 Å². The van der Waals surface area contributed by atoms with E-state index in [0.29, 0.717) is 48.8 Å². The van der Waals surface area contributed by atoms with Crippen LogP contribution in [0.1, 0.15) is 41.7 Å². The Morgan fingerprint density at radius 1 is 0.661 bits per heavy atom. The topological polar surface area (TPSA) is 248 Å². The zero-order chi connectivity index (χ0) is 39.8. The van der Waals surface area contributed by atoms with E-state index in [2.05, 4.69) is 36.5 Å². The molecule has 0 bridgehead atoms. The number of halogens is 1. The minimum atomic E-state index is -1.46. The number of primary amides is 2. The maximum atomic E-state index is 12.5. The lowest BCUT2D eigenvalue weighted by Crippen LogP contribution is -2.29. The fourth-order valence-corrected chi connectivity index (χ4v) is 6.74. The first-order valence-corrected chi connectivity index (χ1v) is 18.6. The largest absolute Gasteiger partial charge is 0.488 e. The van der Waals surface area contributed by atoms with E-state index in [4.69, 9.17) is 40.5 Å². The SMILES string of the molecule is NC(=O)c1ccccc1NC(=O)c1csc(-c2ccc3c(c2)OCO3)n1.NC(=O)c1ccccc1NC(=O)c1csc(Br)n1.OB(O)c1ccc2c(c1)OCO2. The fraction of sp³-hybridized carbons (Fsp3) is 0.0556. The molecule has 2 aliphatic rings. The Balaban J connectivity index is 0.000000154. The highest BCUT2D eigenvalue weighted by Crippen LogP contribution is 2.37. The van der Waals surface area contributed by atoms with Gasteiger partial charge in [-0.05, 0) is 76.0 Å². The number of nitrogens with zero attached hydrogens (tertiary/aromatic N) is 2. The highest BCUT2D eigenvalue weighted by Gasteiger charge is 2.20. The van der Waals surface area contributed by atoms with E-state index in [1.807, 2.05) is 18.2 Å². The van der Waals surface area contributed by atoms with E-state index in [-0.39, 0.29) is 42.0 Å². The van der Waals surface area contributed by atoms with Crippen LogP contribution in [0.2, 0.25) is 0 Å². The lowest BCUT2D eigenvalue weighted by molar-refractivity contribution is 0.0989. The zero-order valence-corrected chi connectivity index (χ0v) is 31.9. The van der Waals surface area contributed by atoms with Crippen molar-refractivity contribution in [3.63, 3.8) is 0 Å². The van der Waals surface area contributed by atoms with Crippen molar-refractivity contribution in [2.75, 3.05) is 24.2 Å². The third-order valence-electron chi connectivity index (χ3n) is 7.64. The number of fused-ring (bicyclic) bond motifs is 2. The lowest BCUT2D eigenvalue weighted by Gasteiger charge is -2.07. The van der Waals surface area contributed by atoms with E-state index < -0.39 is 24.8 Å². The number of nitrogens with two attached hydrogens (primary N) is 2. The summed E-state index contributed by atoms with van der Waals surface area (Å²) in [4.78, 5) is 55.3. The molecule has 0 spiro atoms. The minimum absolute atomic E-state index is 0.195. The highest BCUT2D eigenvalue weighted by atomic mass is 79.9. The van der Waals surface area contributed by atoms with Crippen LogP contribution < -0.4 is 46.5 Å². The van der Waals surface area contributed by atoms with Crippen LogP contribution in [-0.4, -0.2) is 64.3 Å². The zero-order valence-electron chi connectivity index (χ0n) is 28.6. The molecule has 4 heterocycles. The van der Waals surface area contributed by atoms with Crippen molar-refractivity contribution in [2.45, 2.75) is 0 Å². The number of hydrogen-bond acceptors (Lipinski definition) is 14. The van der Waals surface area contributed by atoms with Crippen molar-refractivity contribution in [2.24, 2.45) is 11.5 Å². The maximum Gasteiger partial charge on any atom is 0.488 e. The first kappa shape index (κ1) is 39.4. The summed E-state index contributed by atoms with van der Waals surface area (Å²) < 4.78 is 21.4. The summed E-state index contributed by atoms with van der Waals surface area (Å²) in [7, 11) is -1.46. The molecule has 0 aliphatic carbocycles. The van der Waals surface area contributed by atoms with Crippen LogP contribution in [0.3, 0.4) is 0 Å². The molecule has 4 amide bonds. The maximum absolute atomic E-state index is 12.5. The van der Waals surface area contributed by atoms with E-state index in [9.17, 15) is 19.2 Å². The Morgan fingerprint density at radius 3 is 1.70 bits per heavy atom. The van der Waals surface area contributed by atoms with Gasteiger partial charge in [0.1, 0.15) is 16.4 Å². The number of ether oxygens (including phenoxy) is 4. The van der Waals surface area contributed by atoms with Gasteiger partial charge in [-0.1, -0.05) is 30.3 Å². The van der Waals surface area contributed by atoms with Crippen LogP contribution in [0.15, 0.2) is 99.6 Å². The number of carbonyl (C=O) groups is 4. The Labute approximate surface area is 334 Å². The van der Waals surface area contributed by atoms with Gasteiger partial charge in [-0.25, -0.2) is 9.97 Å². The number of hydrogen-bond donors (Lipinski definition) is 6. The van der Waals surface area contributed by atoms with Crippen molar-refractivity contribution in [3.05, 3.63) is 122 Å². The number of thiazole rings is 2. The van der Waals surface area contributed by atoms with E-state index in [0.717, 1.165) is 5.56 Å². The summed E-state index contributed by atoms with van der Waals surface area (Å²) >= 11 is 5.82. The molecule has 0 unspecified atom stereocenters. The van der Waals surface area contributed by atoms with Gasteiger partial charge >= 0.3 is 7.12 Å². The van der Waals surface area contributed by atoms with Gasteiger partial charge in [0.15, 0.2) is 26.9 Å². The molecular formula is C36H28BBrN6O10S2. The van der Waals surface area contributed by atoms with Crippen molar-refractivity contribution < 1.29 is 48.2 Å². The standard InChI is InChI=1S/C18H13N3O4S.C11H8BrN3O2S.C7H7BO4/c19-16(22)11-3-1-2-4-12(11)20-17(23)13-8-26-18(21-13)10-5-6-14-15(7-10)25-9-24-14;12-11-15-8(5-18-11)10(17)14-7-4-2-1-3-6(7)9(13)16;9-8(10)5-1-2-6-7(3-5)12-4-11-6/h1-8H,9H2,(H2,19,22)(H,20,23);1-5H,(H2,13,16)(H,14,17);1-3,9-10H,4H2. The van der Waals surface area contributed by atoms with E-state index in [1.165, 1.54) is 22.7 Å². The van der Waals surface area contributed by atoms with Crippen LogP contribution in [0.4, 0.5) is 11.4 Å². The summed E-state index contributed by atoms with van der Waals surface area (Å²) in [5.74, 6) is 0.531. The molecule has 0 saturated carbocycles. The van der Waals surface area contributed by atoms with Gasteiger partial charge in [-0.2, -0.15) is 0 Å². The van der Waals surface area contributed by atoms with Gasteiger partial charge in [0.2, 0.25) is 13.6 Å². The summed E-state index contributed by atoms with van der Waals surface area (Å²) in [6.07, 6.45) is 0. The Kier molecular flexibility index (Phi) is 12.6. The molecule has 4 aromatic carbocycles. The van der Waals surface area contributed by atoms with Crippen LogP contribution in [-0.2, 0) is 0 Å². The molecule has 284 valence electrons. The molecule has 8 N–H and O–H groups in total. The number of rotatable bonds is 8. The quantitative estimate of drug-likeness (QED) is 0.118. The molecule has 2 aromatic heterocycles. The van der Waals surface area contributed by atoms with Crippen LogP contribution >= 0.6 is 38.6 Å². The molecule has 16 nitrogen and oxygen atoms in total. The summed E-state index contributed by atoms with van der Waals surface area (Å²) in [5, 5.41) is 26.9. The van der Waals surface area contributed by atoms with Crippen LogP contribution in [0.5, 0.6) is 23.0 Å². The number of benzene rings is 4. The molecule has 6 aromatic rings. The van der Waals surface area contributed by atoms with E-state index >= 15 is 0 Å². The molecule has 8 rings (SSSR count). The highest BCUT2D eigenvalue weighted by molar-refractivity contribution is 9.11. The number of aromatic nitrogens is 2. The predicted octanol–water partition coefficient (Wildman–Crippen LogP) is 4.24. The molecule has 0 fully saturated rings. The number of anilines is 2. The predicted molar refractivity (Wildman–Crippen MR) is 212 cm³/mol. The minimum Gasteiger partial charge on any atom is -0.454 e. The third kappa shape index (κ3) is 9.67. The average Bonchev–Trinajstić information content (AvgIpc) is 4.03. The van der Waals surface area contributed by atoms with Gasteiger partial charge in [0.25, 0.3) is 23.6 Å². The molecule has 0 atom stereocenters. The monoisotopic (exact) mass is 858 g/mol. The molecule has 20 heteroatoms. The fourth-order valence-electron chi connectivity index (χ4n) is 4.96. The number of amides is 4. The Bertz CT molecular complexity index is 2430. The lowest BCUT2D eigenvalue weighted by atomic mass is 9.80. The smallest absolute Gasteiger partial charge is 0.454 e. The third-order valence-corrected chi connectivity index (χ3v) is 9.90. The summed E-state index contributed by atoms with van der Waals surface area (Å²) in [5.41, 5.74) is 13.5. The van der Waals surface area contributed by atoms with Gasteiger partial charge < -0.3 is 51.1 Å². The Hall–Kier alpha value is -6.32. The first-order valence-electron chi connectivity index (χ1n) is 16.1. The number of para-hydroxylation sites is 2. The number of nitrogens with one attached hydrogen (secondary N) is 2. The molecular weight excluding hydrogens is 831 g/mol. The summed E-state index contributed by atoms with van der Waals surface area (Å²) in [6.45, 7) is 0.393. The second kappa shape index (κ2) is 17.9. The van der Waals surface area contributed by atoms with Crippen molar-refractivity contribution in [1.82, 2.24) is 9.97 Å². The van der Waals surface area contributed by atoms with Crippen molar-refractivity contribution >= 4 is 86.2 Å². The normalized spacial score (nSPS) is 11.6. The average molecular weight is 860 g/mol. The Morgan fingerprint density at radius 2 is 1.16 bits per heavy atom. The van der Waals surface area contributed by atoms with E-state index in [1.54, 1.807) is 77.5 Å². The van der Waals surface area contributed by atoms with Gasteiger partial charge in [-0.3, -0.25) is 19.2 Å². The molecule has 0 radical (unpaired) electrons. The van der Waals surface area contributed by atoms with Crippen LogP contribution in [0, 0.1) is 0 Å².